The lowest BCUT2D eigenvalue weighted by molar-refractivity contribution is 0.160. The number of aryl methyl sites for hydroxylation is 3. The van der Waals surface area contributed by atoms with Crippen molar-refractivity contribution in [3.8, 4) is 17.1 Å². The zero-order valence-electron chi connectivity index (χ0n) is 21.8. The first-order chi connectivity index (χ1) is 17.9. The van der Waals surface area contributed by atoms with Crippen LogP contribution in [0.5, 0.6) is 5.75 Å². The molecule has 0 saturated carbocycles. The Hall–Kier alpha value is -3.72. The van der Waals surface area contributed by atoms with Crippen LogP contribution >= 0.6 is 0 Å². The number of pyridine rings is 1. The van der Waals surface area contributed by atoms with Crippen LogP contribution in [-0.4, -0.2) is 52.8 Å². The van der Waals surface area contributed by atoms with E-state index in [4.69, 9.17) is 23.9 Å². The fraction of sp³-hybridized carbons (Fsp3) is 0.429. The molecule has 2 fully saturated rings. The summed E-state index contributed by atoms with van der Waals surface area (Å²) in [5.74, 6) is 3.50. The molecule has 6 rings (SSSR count). The number of hydrogen-bond acceptors (Lipinski definition) is 9. The van der Waals surface area contributed by atoms with Gasteiger partial charge in [0.25, 0.3) is 0 Å². The molecule has 1 unspecified atom stereocenters. The van der Waals surface area contributed by atoms with Crippen LogP contribution in [-0.2, 0) is 4.74 Å². The lowest BCUT2D eigenvalue weighted by atomic mass is 9.87. The van der Waals surface area contributed by atoms with Crippen molar-refractivity contribution in [3.63, 3.8) is 0 Å². The molecular weight excluding hydrogens is 468 g/mol. The zero-order chi connectivity index (χ0) is 25.6. The maximum absolute atomic E-state index is 5.97. The summed E-state index contributed by atoms with van der Waals surface area (Å²) in [7, 11) is 0. The van der Waals surface area contributed by atoms with Gasteiger partial charge in [0, 0.05) is 54.9 Å². The van der Waals surface area contributed by atoms with Crippen molar-refractivity contribution in [1.29, 1.82) is 0 Å². The van der Waals surface area contributed by atoms with Crippen molar-refractivity contribution in [2.75, 3.05) is 43.1 Å². The first-order valence-corrected chi connectivity index (χ1v) is 12.9. The van der Waals surface area contributed by atoms with Gasteiger partial charge in [0.1, 0.15) is 11.3 Å². The maximum Gasteiger partial charge on any atom is 0.227 e. The zero-order valence-corrected chi connectivity index (χ0v) is 21.8. The lowest BCUT2D eigenvalue weighted by Crippen LogP contribution is -2.28. The Labute approximate surface area is 216 Å². The number of rotatable bonds is 6. The molecule has 2 aliphatic heterocycles. The number of nitrogens with zero attached hydrogens (tertiary/aromatic N) is 5. The highest BCUT2D eigenvalue weighted by molar-refractivity contribution is 5.89. The Morgan fingerprint density at radius 1 is 1.11 bits per heavy atom. The summed E-state index contributed by atoms with van der Waals surface area (Å²) in [4.78, 5) is 21.2. The molecule has 3 aromatic heterocycles. The third-order valence-electron chi connectivity index (χ3n) is 7.29. The van der Waals surface area contributed by atoms with Gasteiger partial charge in [-0.25, -0.2) is 19.9 Å². The molecule has 0 amide bonds. The largest absolute Gasteiger partial charge is 0.492 e. The fourth-order valence-corrected chi connectivity index (χ4v) is 5.48. The number of fused-ring (bicyclic) bond motifs is 1. The molecule has 0 aliphatic carbocycles. The van der Waals surface area contributed by atoms with Crippen LogP contribution in [0.25, 0.3) is 22.2 Å². The molecule has 37 heavy (non-hydrogen) atoms. The molecule has 9 heteroatoms. The molecule has 1 spiro atoms. The topological polar surface area (TPSA) is 98.4 Å². The molecule has 192 valence electrons. The van der Waals surface area contributed by atoms with Crippen molar-refractivity contribution >= 4 is 28.4 Å². The third-order valence-corrected chi connectivity index (χ3v) is 7.29. The van der Waals surface area contributed by atoms with Crippen molar-refractivity contribution < 1.29 is 13.9 Å². The Morgan fingerprint density at radius 3 is 2.76 bits per heavy atom. The van der Waals surface area contributed by atoms with Gasteiger partial charge in [-0.05, 0) is 57.9 Å². The second-order valence-corrected chi connectivity index (χ2v) is 10.1. The molecule has 2 saturated heterocycles. The standard InChI is InChI=1S/C28H32N6O3/c1-5-36-23-13-20(25-18(3)31-19(4)37-25)6-7-22(23)32-27-29-14-21-12-17(2)30-26(24(21)33-27)34-10-8-28(15-34)9-11-35-16-28/h6-7,12-14H,5,8-11,15-16H2,1-4H3,(H,29,32,33). The number of oxazole rings is 1. The number of ether oxygens (including phenoxy) is 2. The molecule has 5 heterocycles. The van der Waals surface area contributed by atoms with E-state index in [1.807, 2.05) is 58.2 Å². The van der Waals surface area contributed by atoms with Crippen LogP contribution in [0.4, 0.5) is 17.5 Å². The summed E-state index contributed by atoms with van der Waals surface area (Å²) < 4.78 is 17.5. The minimum absolute atomic E-state index is 0.237. The lowest BCUT2D eigenvalue weighted by Gasteiger charge is -2.23. The van der Waals surface area contributed by atoms with E-state index in [0.717, 1.165) is 84.3 Å². The second kappa shape index (κ2) is 9.30. The van der Waals surface area contributed by atoms with Crippen LogP contribution in [0.2, 0.25) is 0 Å². The van der Waals surface area contributed by atoms with Crippen molar-refractivity contribution in [3.05, 3.63) is 47.7 Å². The van der Waals surface area contributed by atoms with Crippen LogP contribution in [0, 0.1) is 26.2 Å². The molecular formula is C28H32N6O3. The SMILES string of the molecule is CCOc1cc(-c2oc(C)nc2C)ccc1Nc1ncc2cc(C)nc(N3CCC4(CCOC4)C3)c2n1. The van der Waals surface area contributed by atoms with Gasteiger partial charge in [0.2, 0.25) is 5.95 Å². The number of aromatic nitrogens is 4. The van der Waals surface area contributed by atoms with E-state index in [-0.39, 0.29) is 5.41 Å². The Bertz CT molecular complexity index is 1460. The van der Waals surface area contributed by atoms with Crippen LogP contribution in [0.1, 0.15) is 37.0 Å². The molecule has 4 aromatic rings. The van der Waals surface area contributed by atoms with Gasteiger partial charge in [0.05, 0.1) is 24.6 Å². The molecule has 1 N–H and O–H groups in total. The van der Waals surface area contributed by atoms with Crippen LogP contribution < -0.4 is 15.0 Å². The highest BCUT2D eigenvalue weighted by Gasteiger charge is 2.42. The quantitative estimate of drug-likeness (QED) is 0.375. The van der Waals surface area contributed by atoms with Gasteiger partial charge in [-0.15, -0.1) is 0 Å². The average Bonchev–Trinajstić information content (AvgIpc) is 3.61. The maximum atomic E-state index is 5.97. The van der Waals surface area contributed by atoms with E-state index in [1.165, 1.54) is 0 Å². The van der Waals surface area contributed by atoms with Crippen molar-refractivity contribution in [1.82, 2.24) is 19.9 Å². The summed E-state index contributed by atoms with van der Waals surface area (Å²) in [6.45, 7) is 11.9. The first kappa shape index (κ1) is 23.7. The van der Waals surface area contributed by atoms with Crippen LogP contribution in [0.3, 0.4) is 0 Å². The normalized spacial score (nSPS) is 19.3. The summed E-state index contributed by atoms with van der Waals surface area (Å²) in [6.07, 6.45) is 4.09. The summed E-state index contributed by atoms with van der Waals surface area (Å²) >= 11 is 0. The predicted molar refractivity (Wildman–Crippen MR) is 143 cm³/mol. The monoisotopic (exact) mass is 500 g/mol. The summed E-state index contributed by atoms with van der Waals surface area (Å²) in [5.41, 5.74) is 4.59. The molecule has 2 aliphatic rings. The molecule has 1 aromatic carbocycles. The van der Waals surface area contributed by atoms with Gasteiger partial charge in [0.15, 0.2) is 17.5 Å². The minimum Gasteiger partial charge on any atom is -0.492 e. The molecule has 0 radical (unpaired) electrons. The molecule has 1 atom stereocenters. The first-order valence-electron chi connectivity index (χ1n) is 12.9. The number of benzene rings is 1. The number of anilines is 3. The molecule has 0 bridgehead atoms. The van der Waals surface area contributed by atoms with Crippen LogP contribution in [0.15, 0.2) is 34.9 Å². The Kier molecular flexibility index (Phi) is 5.95. The van der Waals surface area contributed by atoms with E-state index in [2.05, 4.69) is 20.2 Å². The van der Waals surface area contributed by atoms with Gasteiger partial charge >= 0.3 is 0 Å². The van der Waals surface area contributed by atoms with E-state index in [0.29, 0.717) is 24.2 Å². The van der Waals surface area contributed by atoms with E-state index in [1.54, 1.807) is 0 Å². The Balaban J connectivity index is 1.33. The van der Waals surface area contributed by atoms with E-state index >= 15 is 0 Å². The van der Waals surface area contributed by atoms with Gasteiger partial charge in [-0.2, -0.15) is 0 Å². The number of hydrogen-bond donors (Lipinski definition) is 1. The van der Waals surface area contributed by atoms with Gasteiger partial charge in [-0.1, -0.05) is 0 Å². The average molecular weight is 501 g/mol. The molecule has 9 nitrogen and oxygen atoms in total. The predicted octanol–water partition coefficient (Wildman–Crippen LogP) is 5.36. The second-order valence-electron chi connectivity index (χ2n) is 10.1. The fourth-order valence-electron chi connectivity index (χ4n) is 5.48. The smallest absolute Gasteiger partial charge is 0.227 e. The highest BCUT2D eigenvalue weighted by Crippen LogP contribution is 2.41. The Morgan fingerprint density at radius 2 is 2.00 bits per heavy atom. The van der Waals surface area contributed by atoms with Gasteiger partial charge < -0.3 is 24.1 Å². The van der Waals surface area contributed by atoms with E-state index in [9.17, 15) is 0 Å². The van der Waals surface area contributed by atoms with Gasteiger partial charge in [-0.3, -0.25) is 0 Å². The van der Waals surface area contributed by atoms with Crippen molar-refractivity contribution in [2.24, 2.45) is 5.41 Å². The summed E-state index contributed by atoms with van der Waals surface area (Å²) in [6, 6.07) is 7.95. The van der Waals surface area contributed by atoms with Crippen molar-refractivity contribution in [2.45, 2.75) is 40.5 Å². The minimum atomic E-state index is 0.237. The third kappa shape index (κ3) is 4.48. The van der Waals surface area contributed by atoms with E-state index < -0.39 is 0 Å². The summed E-state index contributed by atoms with van der Waals surface area (Å²) in [5, 5.41) is 4.35. The highest BCUT2D eigenvalue weighted by atomic mass is 16.5. The number of nitrogens with one attached hydrogen (secondary N) is 1.